The minimum absolute atomic E-state index is 0.0371. The van der Waals surface area contributed by atoms with Crippen molar-refractivity contribution in [2.75, 3.05) is 0 Å². The van der Waals surface area contributed by atoms with E-state index in [-0.39, 0.29) is 11.5 Å². The zero-order chi connectivity index (χ0) is 16.7. The number of fused-ring (bicyclic) bond motifs is 1. The van der Waals surface area contributed by atoms with Crippen molar-refractivity contribution in [3.8, 4) is 11.5 Å². The molecule has 0 radical (unpaired) electrons. The highest BCUT2D eigenvalue weighted by Gasteiger charge is 2.49. The molecule has 4 nitrogen and oxygen atoms in total. The van der Waals surface area contributed by atoms with E-state index >= 15 is 0 Å². The minimum Gasteiger partial charge on any atom is -0.508 e. The van der Waals surface area contributed by atoms with Gasteiger partial charge in [0.2, 0.25) is 0 Å². The molecule has 0 saturated heterocycles. The zero-order valence-electron chi connectivity index (χ0n) is 12.6. The number of rotatable bonds is 2. The summed E-state index contributed by atoms with van der Waals surface area (Å²) in [6, 6.07) is 20.4. The molecule has 3 aromatic rings. The van der Waals surface area contributed by atoms with Crippen molar-refractivity contribution in [2.24, 2.45) is 0 Å². The number of phenolic OH excluding ortho intramolecular Hbond substituents is 2. The third-order valence-corrected chi connectivity index (χ3v) is 4.33. The van der Waals surface area contributed by atoms with Crippen LogP contribution in [0.5, 0.6) is 11.5 Å². The van der Waals surface area contributed by atoms with Crippen molar-refractivity contribution in [3.63, 3.8) is 0 Å². The third-order valence-electron chi connectivity index (χ3n) is 4.33. The number of phenols is 2. The topological polar surface area (TPSA) is 66.8 Å². The van der Waals surface area contributed by atoms with Crippen molar-refractivity contribution in [1.82, 2.24) is 0 Å². The highest BCUT2D eigenvalue weighted by Crippen LogP contribution is 2.49. The Morgan fingerprint density at radius 1 is 0.750 bits per heavy atom. The summed E-state index contributed by atoms with van der Waals surface area (Å²) < 4.78 is 5.83. The molecular formula is C20H14O4. The lowest BCUT2D eigenvalue weighted by molar-refractivity contribution is 0.0245. The number of hydrogen-bond donors (Lipinski definition) is 2. The summed E-state index contributed by atoms with van der Waals surface area (Å²) in [4.78, 5) is 12.5. The second-order valence-corrected chi connectivity index (χ2v) is 5.68. The van der Waals surface area contributed by atoms with Gasteiger partial charge < -0.3 is 14.9 Å². The summed E-state index contributed by atoms with van der Waals surface area (Å²) in [5.74, 6) is -0.291. The zero-order valence-corrected chi connectivity index (χ0v) is 12.6. The van der Waals surface area contributed by atoms with Crippen LogP contribution in [0.4, 0.5) is 0 Å². The molecule has 118 valence electrons. The monoisotopic (exact) mass is 318 g/mol. The van der Waals surface area contributed by atoms with Gasteiger partial charge in [0.15, 0.2) is 5.60 Å². The molecule has 24 heavy (non-hydrogen) atoms. The van der Waals surface area contributed by atoms with E-state index in [0.717, 1.165) is 0 Å². The van der Waals surface area contributed by atoms with Crippen molar-refractivity contribution >= 4 is 5.97 Å². The van der Waals surface area contributed by atoms with E-state index < -0.39 is 11.6 Å². The molecule has 0 aromatic heterocycles. The van der Waals surface area contributed by atoms with Gasteiger partial charge in [0.05, 0.1) is 5.56 Å². The van der Waals surface area contributed by atoms with Crippen molar-refractivity contribution in [1.29, 1.82) is 0 Å². The molecule has 1 atom stereocenters. The Balaban J connectivity index is 2.08. The van der Waals surface area contributed by atoms with Crippen LogP contribution in [0.3, 0.4) is 0 Å². The van der Waals surface area contributed by atoms with E-state index in [1.807, 2.05) is 12.1 Å². The number of carbonyl (C=O) groups is 1. The van der Waals surface area contributed by atoms with E-state index in [9.17, 15) is 15.0 Å². The highest BCUT2D eigenvalue weighted by atomic mass is 16.6. The SMILES string of the molecule is O=C1O[C@](c2ccc(O)cc2)(c2ccccc2O)c2ccccc21. The number of aromatic hydroxyl groups is 2. The average Bonchev–Trinajstić information content (AvgIpc) is 2.90. The molecule has 0 aliphatic carbocycles. The first-order valence-electron chi connectivity index (χ1n) is 7.54. The molecule has 4 heteroatoms. The highest BCUT2D eigenvalue weighted by molar-refractivity contribution is 5.96. The van der Waals surface area contributed by atoms with Gasteiger partial charge in [0, 0.05) is 16.7 Å². The largest absolute Gasteiger partial charge is 0.508 e. The Bertz CT molecular complexity index is 930. The lowest BCUT2D eigenvalue weighted by Crippen LogP contribution is -2.29. The quantitative estimate of drug-likeness (QED) is 0.709. The van der Waals surface area contributed by atoms with E-state index in [0.29, 0.717) is 22.3 Å². The van der Waals surface area contributed by atoms with Crippen LogP contribution in [-0.2, 0) is 10.3 Å². The number of benzene rings is 3. The summed E-state index contributed by atoms with van der Waals surface area (Å²) in [6.45, 7) is 0. The molecule has 1 aliphatic rings. The summed E-state index contributed by atoms with van der Waals surface area (Å²) in [5.41, 5.74) is 1.03. The molecule has 0 fully saturated rings. The van der Waals surface area contributed by atoms with Crippen LogP contribution in [0.15, 0.2) is 72.8 Å². The molecule has 0 spiro atoms. The van der Waals surface area contributed by atoms with Crippen LogP contribution >= 0.6 is 0 Å². The molecule has 0 amide bonds. The van der Waals surface area contributed by atoms with Gasteiger partial charge in [-0.05, 0) is 24.3 Å². The fourth-order valence-electron chi connectivity index (χ4n) is 3.25. The molecular weight excluding hydrogens is 304 g/mol. The summed E-state index contributed by atoms with van der Waals surface area (Å²) in [6.07, 6.45) is 0. The Kier molecular flexibility index (Phi) is 3.06. The second kappa shape index (κ2) is 5.13. The Hall–Kier alpha value is -3.27. The first-order chi connectivity index (χ1) is 11.6. The van der Waals surface area contributed by atoms with Crippen LogP contribution in [-0.4, -0.2) is 16.2 Å². The summed E-state index contributed by atoms with van der Waals surface area (Å²) >= 11 is 0. The smallest absolute Gasteiger partial charge is 0.340 e. The minimum atomic E-state index is -1.24. The van der Waals surface area contributed by atoms with Gasteiger partial charge >= 0.3 is 5.97 Å². The number of carbonyl (C=O) groups excluding carboxylic acids is 1. The number of para-hydroxylation sites is 1. The average molecular weight is 318 g/mol. The number of hydrogen-bond acceptors (Lipinski definition) is 4. The molecule has 1 heterocycles. The van der Waals surface area contributed by atoms with Gasteiger partial charge in [-0.25, -0.2) is 4.79 Å². The second-order valence-electron chi connectivity index (χ2n) is 5.68. The Morgan fingerprint density at radius 3 is 2.08 bits per heavy atom. The molecule has 2 N–H and O–H groups in total. The van der Waals surface area contributed by atoms with Gasteiger partial charge in [0.25, 0.3) is 0 Å². The fraction of sp³-hybridized carbons (Fsp3) is 0.0500. The predicted molar refractivity (Wildman–Crippen MR) is 88.0 cm³/mol. The van der Waals surface area contributed by atoms with Gasteiger partial charge in [-0.2, -0.15) is 0 Å². The van der Waals surface area contributed by atoms with Gasteiger partial charge in [-0.1, -0.05) is 48.5 Å². The van der Waals surface area contributed by atoms with E-state index in [2.05, 4.69) is 0 Å². The predicted octanol–water partition coefficient (Wildman–Crippen LogP) is 3.56. The maximum Gasteiger partial charge on any atom is 0.340 e. The number of esters is 1. The van der Waals surface area contributed by atoms with Crippen molar-refractivity contribution in [3.05, 3.63) is 95.1 Å². The third kappa shape index (κ3) is 1.90. The normalized spacial score (nSPS) is 18.9. The molecule has 0 saturated carbocycles. The van der Waals surface area contributed by atoms with Crippen molar-refractivity contribution in [2.45, 2.75) is 5.60 Å². The van der Waals surface area contributed by atoms with E-state index in [4.69, 9.17) is 4.74 Å². The van der Waals surface area contributed by atoms with Gasteiger partial charge in [-0.15, -0.1) is 0 Å². The maximum absolute atomic E-state index is 12.5. The Morgan fingerprint density at radius 2 is 1.38 bits per heavy atom. The first kappa shape index (κ1) is 14.3. The van der Waals surface area contributed by atoms with Crippen LogP contribution in [0.2, 0.25) is 0 Å². The van der Waals surface area contributed by atoms with E-state index in [1.54, 1.807) is 48.5 Å². The Labute approximate surface area is 138 Å². The van der Waals surface area contributed by atoms with Gasteiger partial charge in [0.1, 0.15) is 11.5 Å². The van der Waals surface area contributed by atoms with Crippen LogP contribution in [0.25, 0.3) is 0 Å². The molecule has 3 aromatic carbocycles. The summed E-state index contributed by atoms with van der Waals surface area (Å²) in [7, 11) is 0. The van der Waals surface area contributed by atoms with Crippen molar-refractivity contribution < 1.29 is 19.7 Å². The summed E-state index contributed by atoms with van der Waals surface area (Å²) in [5, 5.41) is 20.0. The number of ether oxygens (including phenoxy) is 1. The molecule has 4 rings (SSSR count). The fourth-order valence-corrected chi connectivity index (χ4v) is 3.25. The van der Waals surface area contributed by atoms with E-state index in [1.165, 1.54) is 12.1 Å². The standard InChI is InChI=1S/C20H14O4/c21-14-11-9-13(10-12-14)20(17-7-3-4-8-18(17)22)16-6-2-1-5-15(16)19(23)24-20/h1-12,21-22H/t20-/m0/s1. The van der Waals surface area contributed by atoms with Crippen LogP contribution < -0.4 is 0 Å². The van der Waals surface area contributed by atoms with Gasteiger partial charge in [-0.3, -0.25) is 0 Å². The lowest BCUT2D eigenvalue weighted by atomic mass is 9.79. The maximum atomic E-state index is 12.5. The lowest BCUT2D eigenvalue weighted by Gasteiger charge is -2.30. The molecule has 1 aliphatic heterocycles. The molecule has 0 bridgehead atoms. The van der Waals surface area contributed by atoms with Crippen LogP contribution in [0.1, 0.15) is 27.0 Å². The van der Waals surface area contributed by atoms with Crippen LogP contribution in [0, 0.1) is 0 Å². The first-order valence-corrected chi connectivity index (χ1v) is 7.54. The molecule has 0 unspecified atom stereocenters. The number of cyclic esters (lactones) is 1.